The third-order valence-electron chi connectivity index (χ3n) is 7.16. The number of piperidine rings is 1. The van der Waals surface area contributed by atoms with Gasteiger partial charge in [0, 0.05) is 36.9 Å². The normalized spacial score (nSPS) is 17.5. The number of imidazole rings is 1. The van der Waals surface area contributed by atoms with Gasteiger partial charge in [-0.2, -0.15) is 0 Å². The summed E-state index contributed by atoms with van der Waals surface area (Å²) in [6.45, 7) is 10.5. The number of Topliss-reactive ketones (excluding diaryl/α,β-unsaturated/α-hetero) is 1. The first kappa shape index (κ1) is 28.5. The van der Waals surface area contributed by atoms with Crippen LogP contribution in [-0.2, 0) is 14.4 Å². The highest BCUT2D eigenvalue weighted by atomic mass is 19.1. The number of carbonyl (C=O) groups is 3. The van der Waals surface area contributed by atoms with Gasteiger partial charge in [-0.05, 0) is 63.1 Å². The molecule has 202 valence electrons. The molecule has 0 saturated carbocycles. The molecule has 0 unspecified atom stereocenters. The molecule has 2 amide bonds. The lowest BCUT2D eigenvalue weighted by molar-refractivity contribution is -0.138. The molecule has 1 fully saturated rings. The highest BCUT2D eigenvalue weighted by Gasteiger charge is 2.30. The largest absolute Gasteiger partial charge is 0.346 e. The number of aromatic amines is 1. The third-order valence-corrected chi connectivity index (χ3v) is 7.16. The van der Waals surface area contributed by atoms with Crippen molar-refractivity contribution in [2.24, 2.45) is 5.92 Å². The highest BCUT2D eigenvalue weighted by molar-refractivity contribution is 5.93. The number of H-pyrrole nitrogens is 1. The average molecular weight is 513 g/mol. The summed E-state index contributed by atoms with van der Waals surface area (Å²) in [5.74, 6) is -0.233. The van der Waals surface area contributed by atoms with Crippen molar-refractivity contribution < 1.29 is 18.8 Å². The van der Waals surface area contributed by atoms with Crippen molar-refractivity contribution in [3.05, 3.63) is 41.6 Å². The lowest BCUT2D eigenvalue weighted by atomic mass is 9.96. The molecular formula is C29H41FN4O3. The van der Waals surface area contributed by atoms with Crippen molar-refractivity contribution in [1.29, 1.82) is 0 Å². The summed E-state index contributed by atoms with van der Waals surface area (Å²) in [6.07, 6.45) is 5.65. The van der Waals surface area contributed by atoms with Gasteiger partial charge in [-0.25, -0.2) is 9.37 Å². The van der Waals surface area contributed by atoms with Gasteiger partial charge < -0.3 is 15.2 Å². The fraction of sp³-hybridized carbons (Fsp3) is 0.586. The predicted molar refractivity (Wildman–Crippen MR) is 142 cm³/mol. The second-order valence-electron chi connectivity index (χ2n) is 10.9. The van der Waals surface area contributed by atoms with Crippen LogP contribution >= 0.6 is 0 Å². The summed E-state index contributed by atoms with van der Waals surface area (Å²) < 4.78 is 14.4. The molecule has 3 atom stereocenters. The van der Waals surface area contributed by atoms with E-state index < -0.39 is 6.04 Å². The van der Waals surface area contributed by atoms with Gasteiger partial charge in [0.1, 0.15) is 11.6 Å². The minimum atomic E-state index is -0.882. The Balaban J connectivity index is 1.70. The van der Waals surface area contributed by atoms with Gasteiger partial charge >= 0.3 is 0 Å². The molecule has 2 N–H and O–H groups in total. The van der Waals surface area contributed by atoms with Crippen LogP contribution < -0.4 is 5.32 Å². The molecule has 1 aliphatic heterocycles. The van der Waals surface area contributed by atoms with E-state index in [1.165, 1.54) is 6.07 Å². The fourth-order valence-corrected chi connectivity index (χ4v) is 4.80. The highest BCUT2D eigenvalue weighted by Crippen LogP contribution is 2.26. The van der Waals surface area contributed by atoms with Crippen molar-refractivity contribution in [3.8, 4) is 11.3 Å². The number of hydrogen-bond donors (Lipinski definition) is 2. The van der Waals surface area contributed by atoms with Gasteiger partial charge in [-0.3, -0.25) is 14.4 Å². The van der Waals surface area contributed by atoms with Crippen molar-refractivity contribution >= 4 is 17.6 Å². The summed E-state index contributed by atoms with van der Waals surface area (Å²) in [7, 11) is 0. The van der Waals surface area contributed by atoms with Crippen LogP contribution in [0.4, 0.5) is 4.39 Å². The summed E-state index contributed by atoms with van der Waals surface area (Å²) in [6, 6.07) is 4.26. The molecule has 2 aromatic rings. The fourth-order valence-electron chi connectivity index (χ4n) is 4.80. The molecule has 1 aliphatic rings. The second kappa shape index (κ2) is 13.0. The van der Waals surface area contributed by atoms with E-state index in [-0.39, 0.29) is 48.2 Å². The topological polar surface area (TPSA) is 95.2 Å². The number of nitrogens with one attached hydrogen (secondary N) is 2. The Bertz CT molecular complexity index is 1100. The maximum atomic E-state index is 14.4. The van der Waals surface area contributed by atoms with Crippen LogP contribution in [0.1, 0.15) is 89.9 Å². The van der Waals surface area contributed by atoms with E-state index in [9.17, 15) is 18.8 Å². The number of rotatable bonds is 11. The number of aryl methyl sites for hydroxylation is 1. The van der Waals surface area contributed by atoms with Crippen molar-refractivity contribution in [2.75, 3.05) is 6.54 Å². The van der Waals surface area contributed by atoms with Crippen LogP contribution in [0.5, 0.6) is 0 Å². The Morgan fingerprint density at radius 3 is 2.62 bits per heavy atom. The van der Waals surface area contributed by atoms with Crippen LogP contribution in [-0.4, -0.2) is 51.1 Å². The van der Waals surface area contributed by atoms with E-state index in [0.29, 0.717) is 42.4 Å². The quantitative estimate of drug-likeness (QED) is 0.427. The summed E-state index contributed by atoms with van der Waals surface area (Å²) >= 11 is 0. The Labute approximate surface area is 219 Å². The molecule has 0 aliphatic carbocycles. The number of hydrogen-bond acceptors (Lipinski definition) is 4. The number of halogens is 1. The molecule has 1 saturated heterocycles. The van der Waals surface area contributed by atoms with Gasteiger partial charge in [-0.1, -0.05) is 26.8 Å². The maximum absolute atomic E-state index is 14.4. The number of carbonyl (C=O) groups excluding carboxylic acids is 3. The number of ketones is 1. The van der Waals surface area contributed by atoms with E-state index in [1.807, 2.05) is 45.6 Å². The minimum absolute atomic E-state index is 0.0404. The van der Waals surface area contributed by atoms with Crippen LogP contribution in [0, 0.1) is 18.7 Å². The molecule has 0 bridgehead atoms. The van der Waals surface area contributed by atoms with E-state index in [2.05, 4.69) is 15.3 Å². The van der Waals surface area contributed by atoms with Gasteiger partial charge in [0.05, 0.1) is 24.4 Å². The monoisotopic (exact) mass is 512 g/mol. The van der Waals surface area contributed by atoms with Gasteiger partial charge in [0.15, 0.2) is 5.78 Å². The number of benzene rings is 1. The lowest BCUT2D eigenvalue weighted by Gasteiger charge is -2.34. The summed E-state index contributed by atoms with van der Waals surface area (Å²) in [5.41, 5.74) is 1.79. The van der Waals surface area contributed by atoms with E-state index >= 15 is 0 Å². The third kappa shape index (κ3) is 7.98. The van der Waals surface area contributed by atoms with Crippen molar-refractivity contribution in [2.45, 2.75) is 97.6 Å². The molecule has 1 aromatic heterocycles. The molecule has 0 spiro atoms. The molecule has 1 aromatic carbocycles. The van der Waals surface area contributed by atoms with Gasteiger partial charge in [0.25, 0.3) is 0 Å². The van der Waals surface area contributed by atoms with Gasteiger partial charge in [-0.15, -0.1) is 0 Å². The number of nitrogens with zero attached hydrogens (tertiary/aromatic N) is 2. The minimum Gasteiger partial charge on any atom is -0.346 e. The first-order valence-corrected chi connectivity index (χ1v) is 13.5. The predicted octanol–water partition coefficient (Wildman–Crippen LogP) is 5.30. The zero-order valence-electron chi connectivity index (χ0n) is 22.8. The SMILES string of the molecule is Cc1ccc(-c2cnc([C@H](C)CC(=O)[C@H](CC(=O)N3CCCC[C@H]3C)NC(=O)CCC(C)C)[nH]2)c(F)c1. The Hall–Kier alpha value is -3.03. The second-order valence-corrected chi connectivity index (χ2v) is 10.9. The molecule has 7 nitrogen and oxygen atoms in total. The molecule has 8 heteroatoms. The first-order valence-electron chi connectivity index (χ1n) is 13.5. The van der Waals surface area contributed by atoms with Crippen LogP contribution in [0.15, 0.2) is 24.4 Å². The van der Waals surface area contributed by atoms with E-state index in [0.717, 1.165) is 24.8 Å². The number of amides is 2. The Kier molecular flexibility index (Phi) is 10.0. The van der Waals surface area contributed by atoms with E-state index in [4.69, 9.17) is 0 Å². The van der Waals surface area contributed by atoms with Crippen molar-refractivity contribution in [3.63, 3.8) is 0 Å². The molecule has 37 heavy (non-hydrogen) atoms. The Morgan fingerprint density at radius 1 is 1.19 bits per heavy atom. The summed E-state index contributed by atoms with van der Waals surface area (Å²) in [4.78, 5) is 48.5. The number of aromatic nitrogens is 2. The molecule has 2 heterocycles. The lowest BCUT2D eigenvalue weighted by Crippen LogP contribution is -2.48. The smallest absolute Gasteiger partial charge is 0.225 e. The summed E-state index contributed by atoms with van der Waals surface area (Å²) in [5, 5.41) is 2.84. The first-order chi connectivity index (χ1) is 17.5. The molecule has 0 radical (unpaired) electrons. The molecule has 3 rings (SSSR count). The van der Waals surface area contributed by atoms with Crippen LogP contribution in [0.25, 0.3) is 11.3 Å². The Morgan fingerprint density at radius 2 is 1.95 bits per heavy atom. The van der Waals surface area contributed by atoms with Crippen LogP contribution in [0.2, 0.25) is 0 Å². The standard InChI is InChI=1S/C29H41FN4O3/c1-18(2)9-12-27(36)32-24(16-28(37)34-13-7-6-8-21(34)5)26(35)15-20(4)29-31-17-25(33-29)22-11-10-19(3)14-23(22)30/h10-11,14,17-18,20-21,24H,6-9,12-13,15-16H2,1-5H3,(H,31,33)(H,32,36)/t20-,21-,24+/m1/s1. The van der Waals surface area contributed by atoms with Crippen LogP contribution in [0.3, 0.4) is 0 Å². The maximum Gasteiger partial charge on any atom is 0.225 e. The average Bonchev–Trinajstić information content (AvgIpc) is 3.32. The zero-order chi connectivity index (χ0) is 27.1. The van der Waals surface area contributed by atoms with Crippen molar-refractivity contribution in [1.82, 2.24) is 20.2 Å². The van der Waals surface area contributed by atoms with E-state index in [1.54, 1.807) is 12.3 Å². The number of likely N-dealkylation sites (tertiary alicyclic amines) is 1. The molecular weight excluding hydrogens is 471 g/mol. The zero-order valence-corrected chi connectivity index (χ0v) is 22.8. The van der Waals surface area contributed by atoms with Gasteiger partial charge in [0.2, 0.25) is 11.8 Å².